The molecule has 0 aliphatic heterocycles. The number of hydrogen-bond acceptors (Lipinski definition) is 5. The van der Waals surface area contributed by atoms with Crippen LogP contribution in [0.4, 0.5) is 0 Å². The molecule has 0 heterocycles. The Morgan fingerprint density at radius 1 is 1.13 bits per heavy atom. The summed E-state index contributed by atoms with van der Waals surface area (Å²) in [7, 11) is 0. The molecule has 0 aromatic carbocycles. The van der Waals surface area contributed by atoms with E-state index in [4.69, 9.17) is 3.07 Å². The molecule has 0 aliphatic carbocycles. The van der Waals surface area contributed by atoms with Crippen LogP contribution >= 0.6 is 23.0 Å². The molecule has 0 spiro atoms. The molecule has 2 amide bonds. The number of nitrogens with one attached hydrogen (secondary N) is 3. The van der Waals surface area contributed by atoms with Crippen LogP contribution in [0, 0.1) is 17.8 Å². The third kappa shape index (κ3) is 10.5. The van der Waals surface area contributed by atoms with Crippen molar-refractivity contribution in [2.75, 3.05) is 19.6 Å². The highest BCUT2D eigenvalue weighted by Crippen LogP contribution is 2.05. The summed E-state index contributed by atoms with van der Waals surface area (Å²) in [5.74, 6) is 4.65. The van der Waals surface area contributed by atoms with E-state index in [1.807, 2.05) is 27.7 Å². The molecule has 132 valence electrons. The van der Waals surface area contributed by atoms with Gasteiger partial charge in [-0.1, -0.05) is 39.5 Å². The van der Waals surface area contributed by atoms with E-state index in [2.05, 4.69) is 27.8 Å². The summed E-state index contributed by atoms with van der Waals surface area (Å²) in [5, 5.41) is 18.1. The Kier molecular flexibility index (Phi) is 12.0. The SMILES string of the molecule is CC(C)C#CCNC(=O)C(OI)C(O)C(=O)NCCNC(C)C. The van der Waals surface area contributed by atoms with Gasteiger partial charge in [0.2, 0.25) is 0 Å². The van der Waals surface area contributed by atoms with Crippen LogP contribution in [0.5, 0.6) is 0 Å². The van der Waals surface area contributed by atoms with Crippen LogP contribution in [0.2, 0.25) is 0 Å². The highest BCUT2D eigenvalue weighted by Gasteiger charge is 2.32. The van der Waals surface area contributed by atoms with E-state index in [1.54, 1.807) is 0 Å². The number of aliphatic hydroxyl groups is 1. The molecular formula is C15H26IN3O4. The molecule has 0 aliphatic rings. The lowest BCUT2D eigenvalue weighted by atomic mass is 10.1. The molecular weight excluding hydrogens is 413 g/mol. The van der Waals surface area contributed by atoms with Gasteiger partial charge in [0.05, 0.1) is 6.54 Å². The Balaban J connectivity index is 4.32. The van der Waals surface area contributed by atoms with Gasteiger partial charge in [0, 0.05) is 25.0 Å². The van der Waals surface area contributed by atoms with Crippen LogP contribution in [-0.2, 0) is 12.7 Å². The Bertz CT molecular complexity index is 432. The predicted molar refractivity (Wildman–Crippen MR) is 96.7 cm³/mol. The highest BCUT2D eigenvalue weighted by atomic mass is 127. The molecule has 2 atom stereocenters. The molecule has 0 rings (SSSR count). The van der Waals surface area contributed by atoms with Crippen molar-refractivity contribution in [3.8, 4) is 11.8 Å². The van der Waals surface area contributed by atoms with Crippen LogP contribution in [0.25, 0.3) is 0 Å². The van der Waals surface area contributed by atoms with Crippen molar-refractivity contribution in [2.24, 2.45) is 5.92 Å². The topological polar surface area (TPSA) is 99.7 Å². The number of amides is 2. The molecule has 7 nitrogen and oxygen atoms in total. The van der Waals surface area contributed by atoms with Gasteiger partial charge >= 0.3 is 0 Å². The maximum absolute atomic E-state index is 11.9. The van der Waals surface area contributed by atoms with Gasteiger partial charge in [0.15, 0.2) is 12.2 Å². The maximum atomic E-state index is 11.9. The second kappa shape index (κ2) is 12.5. The van der Waals surface area contributed by atoms with Crippen molar-refractivity contribution in [1.29, 1.82) is 0 Å². The fraction of sp³-hybridized carbons (Fsp3) is 0.733. The van der Waals surface area contributed by atoms with Crippen molar-refractivity contribution in [3.05, 3.63) is 0 Å². The van der Waals surface area contributed by atoms with Gasteiger partial charge in [-0.3, -0.25) is 12.7 Å². The normalized spacial score (nSPS) is 13.2. The largest absolute Gasteiger partial charge is 0.380 e. The first-order chi connectivity index (χ1) is 10.8. The quantitative estimate of drug-likeness (QED) is 0.230. The zero-order valence-electron chi connectivity index (χ0n) is 14.0. The van der Waals surface area contributed by atoms with Gasteiger partial charge in [0.25, 0.3) is 11.8 Å². The first-order valence-electron chi connectivity index (χ1n) is 7.52. The van der Waals surface area contributed by atoms with Crippen LogP contribution in [0.3, 0.4) is 0 Å². The van der Waals surface area contributed by atoms with Gasteiger partial charge in [-0.25, -0.2) is 0 Å². The minimum atomic E-state index is -1.58. The molecule has 4 N–H and O–H groups in total. The summed E-state index contributed by atoms with van der Waals surface area (Å²) in [4.78, 5) is 23.8. The van der Waals surface area contributed by atoms with E-state index >= 15 is 0 Å². The van der Waals surface area contributed by atoms with Crippen LogP contribution in [-0.4, -0.2) is 54.8 Å². The van der Waals surface area contributed by atoms with Crippen molar-refractivity contribution in [3.63, 3.8) is 0 Å². The Morgan fingerprint density at radius 3 is 2.30 bits per heavy atom. The van der Waals surface area contributed by atoms with Gasteiger partial charge in [-0.05, 0) is 0 Å². The fourth-order valence-corrected chi connectivity index (χ4v) is 2.02. The molecule has 0 saturated heterocycles. The second-order valence-electron chi connectivity index (χ2n) is 5.55. The molecule has 23 heavy (non-hydrogen) atoms. The van der Waals surface area contributed by atoms with E-state index in [9.17, 15) is 14.7 Å². The number of aliphatic hydroxyl groups excluding tert-OH is 1. The van der Waals surface area contributed by atoms with E-state index in [0.717, 1.165) is 0 Å². The third-order valence-corrected chi connectivity index (χ3v) is 3.18. The molecule has 0 bridgehead atoms. The minimum Gasteiger partial charge on any atom is -0.380 e. The van der Waals surface area contributed by atoms with Crippen LogP contribution in [0.1, 0.15) is 27.7 Å². The number of carbonyl (C=O) groups is 2. The zero-order chi connectivity index (χ0) is 17.8. The number of rotatable bonds is 9. The molecule has 0 radical (unpaired) electrons. The van der Waals surface area contributed by atoms with E-state index in [0.29, 0.717) is 19.1 Å². The third-order valence-electron chi connectivity index (χ3n) is 2.63. The molecule has 0 saturated carbocycles. The Hall–Kier alpha value is -0.890. The minimum absolute atomic E-state index is 0.139. The van der Waals surface area contributed by atoms with Crippen LogP contribution < -0.4 is 16.0 Å². The van der Waals surface area contributed by atoms with Gasteiger partial charge in [-0.15, -0.1) is 0 Å². The lowest BCUT2D eigenvalue weighted by Crippen LogP contribution is -2.50. The molecule has 0 aromatic rings. The fourth-order valence-electron chi connectivity index (χ4n) is 1.51. The predicted octanol–water partition coefficient (Wildman–Crippen LogP) is -0.0277. The first-order valence-corrected chi connectivity index (χ1v) is 8.40. The first kappa shape index (κ1) is 22.1. The van der Waals surface area contributed by atoms with E-state index in [1.165, 1.54) is 23.0 Å². The maximum Gasteiger partial charge on any atom is 0.254 e. The molecule has 8 heteroatoms. The lowest BCUT2D eigenvalue weighted by Gasteiger charge is -2.19. The second-order valence-corrected chi connectivity index (χ2v) is 6.06. The van der Waals surface area contributed by atoms with Crippen molar-refractivity contribution >= 4 is 34.8 Å². The zero-order valence-corrected chi connectivity index (χ0v) is 16.1. The summed E-state index contributed by atoms with van der Waals surface area (Å²) in [6, 6.07) is 0.306. The van der Waals surface area contributed by atoms with E-state index in [-0.39, 0.29) is 12.5 Å². The summed E-state index contributed by atoms with van der Waals surface area (Å²) >= 11 is 1.49. The summed E-state index contributed by atoms with van der Waals surface area (Å²) in [6.45, 7) is 8.92. The summed E-state index contributed by atoms with van der Waals surface area (Å²) in [5.41, 5.74) is 0. The molecule has 2 unspecified atom stereocenters. The van der Waals surface area contributed by atoms with Crippen molar-refractivity contribution < 1.29 is 17.8 Å². The molecule has 0 fully saturated rings. The van der Waals surface area contributed by atoms with Crippen molar-refractivity contribution in [1.82, 2.24) is 16.0 Å². The number of hydrogen-bond donors (Lipinski definition) is 4. The van der Waals surface area contributed by atoms with Crippen LogP contribution in [0.15, 0.2) is 0 Å². The lowest BCUT2D eigenvalue weighted by molar-refractivity contribution is -0.142. The highest BCUT2D eigenvalue weighted by molar-refractivity contribution is 14.1. The monoisotopic (exact) mass is 439 g/mol. The van der Waals surface area contributed by atoms with Gasteiger partial charge < -0.3 is 21.1 Å². The number of halogens is 1. The van der Waals surface area contributed by atoms with Gasteiger partial charge in [-0.2, -0.15) is 0 Å². The van der Waals surface area contributed by atoms with Gasteiger partial charge in [0.1, 0.15) is 23.0 Å². The molecule has 0 aromatic heterocycles. The summed E-state index contributed by atoms with van der Waals surface area (Å²) in [6.07, 6.45) is -2.86. The Labute approximate surface area is 152 Å². The average Bonchev–Trinajstić information content (AvgIpc) is 2.48. The van der Waals surface area contributed by atoms with Crippen molar-refractivity contribution in [2.45, 2.75) is 45.9 Å². The Morgan fingerprint density at radius 2 is 1.78 bits per heavy atom. The average molecular weight is 439 g/mol. The van der Waals surface area contributed by atoms with E-state index < -0.39 is 24.0 Å². The summed E-state index contributed by atoms with van der Waals surface area (Å²) < 4.78 is 4.90. The smallest absolute Gasteiger partial charge is 0.254 e. The number of carbonyl (C=O) groups excluding carboxylic acids is 2. The standard InChI is InChI=1S/C15H26IN3O4/c1-10(2)6-5-7-18-15(22)13(23-16)12(20)14(21)19-9-8-17-11(3)4/h10-13,17,20H,7-9H2,1-4H3,(H,18,22)(H,19,21).